The van der Waals surface area contributed by atoms with E-state index >= 15 is 0 Å². The number of nitrogens with one attached hydrogen (secondary N) is 1. The molecule has 1 atom stereocenters. The van der Waals surface area contributed by atoms with Gasteiger partial charge in [0.2, 0.25) is 0 Å². The number of anilines is 1. The van der Waals surface area contributed by atoms with Crippen molar-refractivity contribution in [2.45, 2.75) is 44.8 Å². The van der Waals surface area contributed by atoms with E-state index in [2.05, 4.69) is 20.4 Å². The number of amides is 1. The third kappa shape index (κ3) is 3.70. The second-order valence-corrected chi connectivity index (χ2v) is 6.67. The molecule has 2 aromatic heterocycles. The molecule has 138 valence electrons. The van der Waals surface area contributed by atoms with Gasteiger partial charge in [-0.1, -0.05) is 5.16 Å². The SMILES string of the molecule is O=C([C@H]1CCCCO1)N1CCc2ncnc(NCc3ccon3)c2CC1. The van der Waals surface area contributed by atoms with Gasteiger partial charge in [-0.25, -0.2) is 9.97 Å². The normalized spacial score (nSPS) is 20.3. The Balaban J connectivity index is 1.43. The summed E-state index contributed by atoms with van der Waals surface area (Å²) < 4.78 is 10.5. The van der Waals surface area contributed by atoms with Gasteiger partial charge in [-0.05, 0) is 25.7 Å². The Bertz CT molecular complexity index is 743. The summed E-state index contributed by atoms with van der Waals surface area (Å²) in [7, 11) is 0. The molecular weight excluding hydrogens is 334 g/mol. The predicted octanol–water partition coefficient (Wildman–Crippen LogP) is 1.57. The molecule has 0 saturated carbocycles. The number of carbonyl (C=O) groups is 1. The topological polar surface area (TPSA) is 93.4 Å². The molecule has 1 fully saturated rings. The Morgan fingerprint density at radius 3 is 3.00 bits per heavy atom. The molecule has 2 aliphatic heterocycles. The summed E-state index contributed by atoms with van der Waals surface area (Å²) >= 11 is 0. The highest BCUT2D eigenvalue weighted by atomic mass is 16.5. The molecule has 1 saturated heterocycles. The molecule has 4 rings (SSSR count). The zero-order chi connectivity index (χ0) is 17.8. The Morgan fingerprint density at radius 2 is 2.19 bits per heavy atom. The van der Waals surface area contributed by atoms with Crippen LogP contribution in [0.2, 0.25) is 0 Å². The van der Waals surface area contributed by atoms with Crippen LogP contribution in [-0.2, 0) is 28.9 Å². The maximum atomic E-state index is 12.8. The van der Waals surface area contributed by atoms with Gasteiger partial charge in [-0.3, -0.25) is 4.79 Å². The third-order valence-electron chi connectivity index (χ3n) is 4.98. The highest BCUT2D eigenvalue weighted by molar-refractivity contribution is 5.81. The minimum absolute atomic E-state index is 0.113. The van der Waals surface area contributed by atoms with Crippen molar-refractivity contribution in [3.05, 3.63) is 35.6 Å². The molecule has 8 heteroatoms. The first-order valence-corrected chi connectivity index (χ1v) is 9.17. The van der Waals surface area contributed by atoms with Crippen molar-refractivity contribution < 1.29 is 14.1 Å². The van der Waals surface area contributed by atoms with Crippen LogP contribution in [0.3, 0.4) is 0 Å². The molecule has 2 aliphatic rings. The van der Waals surface area contributed by atoms with E-state index in [0.29, 0.717) is 26.2 Å². The molecule has 2 aromatic rings. The first-order chi connectivity index (χ1) is 12.8. The standard InChI is InChI=1S/C18H23N5O3/c24-18(16-3-1-2-9-25-16)23-7-4-14-15(5-8-23)20-12-21-17(14)19-11-13-6-10-26-22-13/h6,10,12,16H,1-5,7-9,11H2,(H,19,20,21)/t16-/m1/s1. The number of rotatable bonds is 4. The Hall–Kier alpha value is -2.48. The monoisotopic (exact) mass is 357 g/mol. The lowest BCUT2D eigenvalue weighted by Gasteiger charge is -2.28. The van der Waals surface area contributed by atoms with Crippen LogP contribution in [0.15, 0.2) is 23.2 Å². The zero-order valence-electron chi connectivity index (χ0n) is 14.7. The predicted molar refractivity (Wildman–Crippen MR) is 93.4 cm³/mol. The van der Waals surface area contributed by atoms with Gasteiger partial charge in [0.25, 0.3) is 5.91 Å². The number of fused-ring (bicyclic) bond motifs is 1. The smallest absolute Gasteiger partial charge is 0.251 e. The maximum absolute atomic E-state index is 12.8. The quantitative estimate of drug-likeness (QED) is 0.888. The second kappa shape index (κ2) is 7.82. The zero-order valence-corrected chi connectivity index (χ0v) is 14.7. The van der Waals surface area contributed by atoms with Gasteiger partial charge in [0.15, 0.2) is 0 Å². The van der Waals surface area contributed by atoms with E-state index in [0.717, 1.165) is 54.9 Å². The van der Waals surface area contributed by atoms with Crippen LogP contribution < -0.4 is 5.32 Å². The van der Waals surface area contributed by atoms with E-state index in [1.165, 1.54) is 0 Å². The number of hydrogen-bond donors (Lipinski definition) is 1. The first-order valence-electron chi connectivity index (χ1n) is 9.17. The molecule has 8 nitrogen and oxygen atoms in total. The van der Waals surface area contributed by atoms with Crippen LogP contribution in [0.4, 0.5) is 5.82 Å². The summed E-state index contributed by atoms with van der Waals surface area (Å²) in [6.07, 6.45) is 7.25. The summed E-state index contributed by atoms with van der Waals surface area (Å²) in [5.74, 6) is 0.920. The van der Waals surface area contributed by atoms with Crippen molar-refractivity contribution >= 4 is 11.7 Å². The van der Waals surface area contributed by atoms with E-state index in [1.807, 2.05) is 11.0 Å². The van der Waals surface area contributed by atoms with Crippen molar-refractivity contribution in [3.8, 4) is 0 Å². The maximum Gasteiger partial charge on any atom is 0.251 e. The average Bonchev–Trinajstić information content (AvgIpc) is 3.11. The molecule has 26 heavy (non-hydrogen) atoms. The van der Waals surface area contributed by atoms with Crippen molar-refractivity contribution in [1.29, 1.82) is 0 Å². The molecule has 0 bridgehead atoms. The van der Waals surface area contributed by atoms with E-state index in [9.17, 15) is 4.79 Å². The summed E-state index contributed by atoms with van der Waals surface area (Å²) in [6.45, 7) is 2.56. The van der Waals surface area contributed by atoms with Crippen LogP contribution in [0.25, 0.3) is 0 Å². The highest BCUT2D eigenvalue weighted by Gasteiger charge is 2.29. The average molecular weight is 357 g/mol. The first kappa shape index (κ1) is 17.0. The Kier molecular flexibility index (Phi) is 5.10. The summed E-state index contributed by atoms with van der Waals surface area (Å²) in [6, 6.07) is 1.82. The number of nitrogens with zero attached hydrogens (tertiary/aromatic N) is 4. The summed E-state index contributed by atoms with van der Waals surface area (Å²) in [5, 5.41) is 7.21. The molecule has 1 N–H and O–H groups in total. The van der Waals surface area contributed by atoms with Crippen LogP contribution in [0, 0.1) is 0 Å². The van der Waals surface area contributed by atoms with E-state index in [4.69, 9.17) is 9.26 Å². The van der Waals surface area contributed by atoms with Gasteiger partial charge in [-0.15, -0.1) is 0 Å². The van der Waals surface area contributed by atoms with Crippen LogP contribution in [0.5, 0.6) is 0 Å². The molecule has 4 heterocycles. The molecule has 1 amide bonds. The van der Waals surface area contributed by atoms with E-state index < -0.39 is 0 Å². The van der Waals surface area contributed by atoms with Crippen LogP contribution >= 0.6 is 0 Å². The molecular formula is C18H23N5O3. The van der Waals surface area contributed by atoms with Gasteiger partial charge in [0.1, 0.15) is 30.2 Å². The summed E-state index contributed by atoms with van der Waals surface area (Å²) in [4.78, 5) is 23.5. The molecule has 0 spiro atoms. The van der Waals surface area contributed by atoms with Crippen LogP contribution in [0.1, 0.15) is 36.2 Å². The van der Waals surface area contributed by atoms with Crippen molar-refractivity contribution in [2.24, 2.45) is 0 Å². The lowest BCUT2D eigenvalue weighted by Crippen LogP contribution is -2.43. The minimum atomic E-state index is -0.277. The molecule has 0 unspecified atom stereocenters. The van der Waals surface area contributed by atoms with Crippen molar-refractivity contribution in [2.75, 3.05) is 25.0 Å². The summed E-state index contributed by atoms with van der Waals surface area (Å²) in [5.41, 5.74) is 2.90. The van der Waals surface area contributed by atoms with Gasteiger partial charge in [0, 0.05) is 37.7 Å². The highest BCUT2D eigenvalue weighted by Crippen LogP contribution is 2.22. The Labute approximate surface area is 151 Å². The van der Waals surface area contributed by atoms with E-state index in [1.54, 1.807) is 12.6 Å². The fourth-order valence-corrected chi connectivity index (χ4v) is 3.54. The second-order valence-electron chi connectivity index (χ2n) is 6.67. The molecule has 0 radical (unpaired) electrons. The minimum Gasteiger partial charge on any atom is -0.368 e. The Morgan fingerprint density at radius 1 is 1.27 bits per heavy atom. The molecule has 0 aliphatic carbocycles. The number of carbonyl (C=O) groups excluding carboxylic acids is 1. The van der Waals surface area contributed by atoms with Gasteiger partial charge >= 0.3 is 0 Å². The fourth-order valence-electron chi connectivity index (χ4n) is 3.54. The fraction of sp³-hybridized carbons (Fsp3) is 0.556. The number of ether oxygens (including phenoxy) is 1. The van der Waals surface area contributed by atoms with Gasteiger partial charge in [-0.2, -0.15) is 0 Å². The molecule has 0 aromatic carbocycles. The lowest BCUT2D eigenvalue weighted by atomic mass is 10.1. The van der Waals surface area contributed by atoms with Gasteiger partial charge < -0.3 is 19.5 Å². The van der Waals surface area contributed by atoms with Crippen molar-refractivity contribution in [1.82, 2.24) is 20.0 Å². The lowest BCUT2D eigenvalue weighted by molar-refractivity contribution is -0.146. The van der Waals surface area contributed by atoms with Crippen LogP contribution in [-0.4, -0.2) is 51.7 Å². The van der Waals surface area contributed by atoms with Crippen molar-refractivity contribution in [3.63, 3.8) is 0 Å². The van der Waals surface area contributed by atoms with E-state index in [-0.39, 0.29) is 12.0 Å². The van der Waals surface area contributed by atoms with Gasteiger partial charge in [0.05, 0.1) is 12.2 Å². The third-order valence-corrected chi connectivity index (χ3v) is 4.98. The number of hydrogen-bond acceptors (Lipinski definition) is 7. The number of aromatic nitrogens is 3. The largest absolute Gasteiger partial charge is 0.368 e.